The summed E-state index contributed by atoms with van der Waals surface area (Å²) in [6, 6.07) is 32.7. The maximum atomic E-state index is 7.35. The van der Waals surface area contributed by atoms with E-state index in [0.29, 0.717) is 5.92 Å². The molecule has 1 fully saturated rings. The average Bonchev–Trinajstić information content (AvgIpc) is 3.45. The van der Waals surface area contributed by atoms with Gasteiger partial charge in [-0.2, -0.15) is 5.10 Å². The molecule has 37 heavy (non-hydrogen) atoms. The molecule has 1 heterocycles. The van der Waals surface area contributed by atoms with E-state index >= 15 is 0 Å². The summed E-state index contributed by atoms with van der Waals surface area (Å²) >= 11 is 0. The highest BCUT2D eigenvalue weighted by molar-refractivity contribution is 6.80. The summed E-state index contributed by atoms with van der Waals surface area (Å²) in [5.74, 6) is 0.398. The van der Waals surface area contributed by atoms with Crippen LogP contribution in [0.25, 0.3) is 6.08 Å². The van der Waals surface area contributed by atoms with Gasteiger partial charge in [0, 0.05) is 23.7 Å². The Balaban J connectivity index is 1.52. The van der Waals surface area contributed by atoms with Gasteiger partial charge in [0.25, 0.3) is 0 Å². The minimum Gasteiger partial charge on any atom is -0.407 e. The standard InChI is InChI=1S/C33H38N2OSi/c1-5-35-25-26(24-34-35)21-22-33(27-15-9-6-10-16-27)23-30(33)31(32(2,3)4)36-37(28-17-11-7-12-18-28)29-19-13-8-14-20-29/h6-22,24-25,30-31,37H,5,23H2,1-4H3/b22-21+. The molecule has 0 N–H and O–H groups in total. The van der Waals surface area contributed by atoms with Crippen LogP contribution in [-0.4, -0.2) is 24.9 Å². The van der Waals surface area contributed by atoms with Crippen molar-refractivity contribution in [2.45, 2.75) is 52.2 Å². The van der Waals surface area contributed by atoms with E-state index in [1.807, 2.05) is 10.9 Å². The van der Waals surface area contributed by atoms with E-state index in [9.17, 15) is 0 Å². The Morgan fingerprint density at radius 3 is 2.03 bits per heavy atom. The van der Waals surface area contributed by atoms with Gasteiger partial charge >= 0.3 is 0 Å². The Morgan fingerprint density at radius 1 is 0.946 bits per heavy atom. The summed E-state index contributed by atoms with van der Waals surface area (Å²) in [4.78, 5) is 0. The molecule has 5 rings (SSSR count). The number of nitrogens with zero attached hydrogens (tertiary/aromatic N) is 2. The smallest absolute Gasteiger partial charge is 0.240 e. The fraction of sp³-hybridized carbons (Fsp3) is 0.303. The molecular formula is C33H38N2OSi. The molecule has 3 unspecified atom stereocenters. The summed E-state index contributed by atoms with van der Waals surface area (Å²) in [5.41, 5.74) is 2.48. The summed E-state index contributed by atoms with van der Waals surface area (Å²) in [5, 5.41) is 7.13. The molecule has 190 valence electrons. The van der Waals surface area contributed by atoms with Crippen molar-refractivity contribution in [3.05, 3.63) is 121 Å². The number of aryl methyl sites for hydroxylation is 1. The maximum absolute atomic E-state index is 7.35. The van der Waals surface area contributed by atoms with Crippen LogP contribution in [0.2, 0.25) is 0 Å². The molecule has 0 saturated heterocycles. The summed E-state index contributed by atoms with van der Waals surface area (Å²) < 4.78 is 9.33. The molecule has 1 aromatic heterocycles. The zero-order valence-corrected chi connectivity index (χ0v) is 23.6. The quantitative estimate of drug-likeness (QED) is 0.267. The molecule has 3 atom stereocenters. The van der Waals surface area contributed by atoms with E-state index in [1.165, 1.54) is 15.9 Å². The number of hydrogen-bond donors (Lipinski definition) is 0. The lowest BCUT2D eigenvalue weighted by Crippen LogP contribution is -2.50. The molecular weight excluding hydrogens is 468 g/mol. The molecule has 3 aromatic carbocycles. The number of hydrogen-bond acceptors (Lipinski definition) is 2. The number of aromatic nitrogens is 2. The Labute approximate surface area is 223 Å². The molecule has 0 spiro atoms. The molecule has 0 bridgehead atoms. The average molecular weight is 507 g/mol. The van der Waals surface area contributed by atoms with E-state index in [1.54, 1.807) is 0 Å². The maximum Gasteiger partial charge on any atom is 0.240 e. The minimum atomic E-state index is -1.89. The lowest BCUT2D eigenvalue weighted by Gasteiger charge is -2.36. The molecule has 4 heteroatoms. The van der Waals surface area contributed by atoms with Crippen molar-refractivity contribution < 1.29 is 4.43 Å². The molecule has 0 radical (unpaired) electrons. The first-order valence-corrected chi connectivity index (χ1v) is 15.1. The van der Waals surface area contributed by atoms with Gasteiger partial charge < -0.3 is 4.43 Å². The Hall–Kier alpha value is -3.21. The van der Waals surface area contributed by atoms with E-state index in [-0.39, 0.29) is 16.9 Å². The summed E-state index contributed by atoms with van der Waals surface area (Å²) in [7, 11) is -1.89. The van der Waals surface area contributed by atoms with Gasteiger partial charge in [0.05, 0.1) is 12.3 Å². The summed E-state index contributed by atoms with van der Waals surface area (Å²) in [6.45, 7) is 10.0. The Kier molecular flexibility index (Phi) is 7.32. The number of allylic oxidation sites excluding steroid dienone is 1. The van der Waals surface area contributed by atoms with E-state index < -0.39 is 9.04 Å². The van der Waals surface area contributed by atoms with Crippen molar-refractivity contribution in [1.82, 2.24) is 9.78 Å². The van der Waals surface area contributed by atoms with Crippen LogP contribution in [0.1, 0.15) is 45.2 Å². The molecule has 4 aromatic rings. The zero-order chi connectivity index (χ0) is 25.9. The van der Waals surface area contributed by atoms with Crippen molar-refractivity contribution in [1.29, 1.82) is 0 Å². The van der Waals surface area contributed by atoms with Gasteiger partial charge in [0.1, 0.15) is 0 Å². The van der Waals surface area contributed by atoms with Crippen LogP contribution >= 0.6 is 0 Å². The lowest BCUT2D eigenvalue weighted by molar-refractivity contribution is 0.0644. The predicted octanol–water partition coefficient (Wildman–Crippen LogP) is 5.84. The SMILES string of the molecule is CCn1cc(/C=C/C2(c3ccccc3)CC2C(O[SiH](c2ccccc2)c2ccccc2)C(C)(C)C)cn1. The molecule has 0 amide bonds. The molecule has 1 saturated carbocycles. The van der Waals surface area contributed by atoms with Crippen molar-refractivity contribution >= 4 is 25.5 Å². The second-order valence-corrected chi connectivity index (χ2v) is 13.7. The lowest BCUT2D eigenvalue weighted by atomic mass is 9.81. The first kappa shape index (κ1) is 25.4. The van der Waals surface area contributed by atoms with Gasteiger partial charge in [-0.1, -0.05) is 124 Å². The second-order valence-electron chi connectivity index (χ2n) is 11.3. The van der Waals surface area contributed by atoms with Crippen LogP contribution < -0.4 is 10.4 Å². The van der Waals surface area contributed by atoms with Gasteiger partial charge in [0.2, 0.25) is 9.04 Å². The Morgan fingerprint density at radius 2 is 1.51 bits per heavy atom. The van der Waals surface area contributed by atoms with Crippen LogP contribution in [0.4, 0.5) is 0 Å². The zero-order valence-electron chi connectivity index (χ0n) is 22.4. The highest BCUT2D eigenvalue weighted by Gasteiger charge is 2.59. The van der Waals surface area contributed by atoms with Crippen molar-refractivity contribution in [2.24, 2.45) is 11.3 Å². The second kappa shape index (κ2) is 10.6. The van der Waals surface area contributed by atoms with Crippen molar-refractivity contribution in [3.8, 4) is 0 Å². The van der Waals surface area contributed by atoms with Crippen LogP contribution in [0.3, 0.4) is 0 Å². The van der Waals surface area contributed by atoms with Gasteiger partial charge in [-0.25, -0.2) is 0 Å². The monoisotopic (exact) mass is 506 g/mol. The van der Waals surface area contributed by atoms with Gasteiger partial charge in [-0.15, -0.1) is 0 Å². The summed E-state index contributed by atoms with van der Waals surface area (Å²) in [6.07, 6.45) is 9.97. The fourth-order valence-electron chi connectivity index (χ4n) is 5.59. The third kappa shape index (κ3) is 5.56. The number of rotatable bonds is 9. The molecule has 1 aliphatic carbocycles. The van der Waals surface area contributed by atoms with Crippen LogP contribution in [-0.2, 0) is 16.4 Å². The van der Waals surface area contributed by atoms with Gasteiger partial charge in [0.15, 0.2) is 0 Å². The third-order valence-corrected chi connectivity index (χ3v) is 10.2. The normalized spacial score (nSPS) is 20.4. The molecule has 0 aliphatic heterocycles. The third-order valence-electron chi connectivity index (χ3n) is 7.63. The van der Waals surface area contributed by atoms with Gasteiger partial charge in [-0.05, 0) is 40.6 Å². The van der Waals surface area contributed by atoms with E-state index in [4.69, 9.17) is 4.43 Å². The minimum absolute atomic E-state index is 0.00303. The highest BCUT2D eigenvalue weighted by atomic mass is 28.3. The predicted molar refractivity (Wildman–Crippen MR) is 157 cm³/mol. The van der Waals surface area contributed by atoms with E-state index in [2.05, 4.69) is 142 Å². The first-order chi connectivity index (χ1) is 17.9. The fourth-order valence-corrected chi connectivity index (χ4v) is 8.32. The van der Waals surface area contributed by atoms with Crippen LogP contribution in [0.15, 0.2) is 109 Å². The highest BCUT2D eigenvalue weighted by Crippen LogP contribution is 2.60. The molecule has 3 nitrogen and oxygen atoms in total. The first-order valence-electron chi connectivity index (χ1n) is 13.4. The molecule has 1 aliphatic rings. The topological polar surface area (TPSA) is 27.1 Å². The van der Waals surface area contributed by atoms with Crippen molar-refractivity contribution in [3.63, 3.8) is 0 Å². The van der Waals surface area contributed by atoms with Crippen LogP contribution in [0, 0.1) is 11.3 Å². The van der Waals surface area contributed by atoms with E-state index in [0.717, 1.165) is 18.5 Å². The van der Waals surface area contributed by atoms with Crippen molar-refractivity contribution in [2.75, 3.05) is 0 Å². The largest absolute Gasteiger partial charge is 0.407 e. The Bertz CT molecular complexity index is 1270. The van der Waals surface area contributed by atoms with Crippen LogP contribution in [0.5, 0.6) is 0 Å². The number of benzene rings is 3. The van der Waals surface area contributed by atoms with Gasteiger partial charge in [-0.3, -0.25) is 4.68 Å².